The van der Waals surface area contributed by atoms with Crippen LogP contribution in [0.1, 0.15) is 19.7 Å². The molecule has 0 fully saturated rings. The average molecular weight is 204 g/mol. The molecule has 0 aliphatic carbocycles. The molecule has 0 bridgehead atoms. The molecule has 56 valence electrons. The van der Waals surface area contributed by atoms with E-state index in [1.54, 1.807) is 6.20 Å². The third-order valence-electron chi connectivity index (χ3n) is 1.16. The zero-order valence-corrected chi connectivity index (χ0v) is 7.57. The lowest BCUT2D eigenvalue weighted by molar-refractivity contribution is 0.519. The van der Waals surface area contributed by atoms with Crippen LogP contribution in [0.5, 0.6) is 0 Å². The quantitative estimate of drug-likeness (QED) is 0.725. The first kappa shape index (κ1) is 7.75. The van der Waals surface area contributed by atoms with Gasteiger partial charge < -0.3 is 10.7 Å². The summed E-state index contributed by atoms with van der Waals surface area (Å²) in [5, 5.41) is 0. The molecule has 0 aliphatic heterocycles. The van der Waals surface area contributed by atoms with E-state index in [4.69, 9.17) is 5.73 Å². The highest BCUT2D eigenvalue weighted by molar-refractivity contribution is 9.10. The first-order chi connectivity index (χ1) is 4.50. The van der Waals surface area contributed by atoms with Crippen LogP contribution in [-0.4, -0.2) is 9.97 Å². The number of halogens is 1. The zero-order valence-electron chi connectivity index (χ0n) is 5.98. The molecule has 0 spiro atoms. The van der Waals surface area contributed by atoms with Crippen molar-refractivity contribution in [2.45, 2.75) is 19.4 Å². The largest absolute Gasteiger partial charge is 0.335 e. The lowest BCUT2D eigenvalue weighted by atomic mass is 10.1. The van der Waals surface area contributed by atoms with Crippen molar-refractivity contribution in [3.8, 4) is 0 Å². The number of H-pyrrole nitrogens is 1. The van der Waals surface area contributed by atoms with Crippen molar-refractivity contribution in [3.05, 3.63) is 16.6 Å². The van der Waals surface area contributed by atoms with Gasteiger partial charge in [0.1, 0.15) is 10.4 Å². The maximum atomic E-state index is 5.76. The van der Waals surface area contributed by atoms with Crippen LogP contribution < -0.4 is 5.73 Å². The van der Waals surface area contributed by atoms with Gasteiger partial charge in [0.25, 0.3) is 0 Å². The maximum Gasteiger partial charge on any atom is 0.126 e. The van der Waals surface area contributed by atoms with Crippen molar-refractivity contribution >= 4 is 15.9 Å². The van der Waals surface area contributed by atoms with Crippen molar-refractivity contribution in [2.24, 2.45) is 5.73 Å². The number of rotatable bonds is 1. The summed E-state index contributed by atoms with van der Waals surface area (Å²) in [4.78, 5) is 7.06. The molecular formula is C6H10BrN3. The molecule has 0 saturated heterocycles. The van der Waals surface area contributed by atoms with Gasteiger partial charge >= 0.3 is 0 Å². The second-order valence-electron chi connectivity index (χ2n) is 2.80. The van der Waals surface area contributed by atoms with Crippen LogP contribution in [0.2, 0.25) is 0 Å². The fraction of sp³-hybridized carbons (Fsp3) is 0.500. The number of nitrogens with two attached hydrogens (primary N) is 1. The Morgan fingerprint density at radius 1 is 1.70 bits per heavy atom. The molecule has 0 radical (unpaired) electrons. The van der Waals surface area contributed by atoms with E-state index >= 15 is 0 Å². The first-order valence-corrected chi connectivity index (χ1v) is 3.79. The third kappa shape index (κ3) is 1.58. The van der Waals surface area contributed by atoms with Crippen LogP contribution in [0, 0.1) is 0 Å². The molecule has 4 heteroatoms. The van der Waals surface area contributed by atoms with Gasteiger partial charge in [-0.3, -0.25) is 0 Å². The van der Waals surface area contributed by atoms with Gasteiger partial charge in [-0.1, -0.05) is 0 Å². The summed E-state index contributed by atoms with van der Waals surface area (Å²) in [5.41, 5.74) is 5.37. The molecule has 0 amide bonds. The topological polar surface area (TPSA) is 54.7 Å². The SMILES string of the molecule is CC(C)(N)c1ncc(Br)[nH]1. The first-order valence-electron chi connectivity index (χ1n) is 3.00. The lowest BCUT2D eigenvalue weighted by Crippen LogP contribution is -2.30. The minimum Gasteiger partial charge on any atom is -0.335 e. The Bertz CT molecular complexity index is 223. The fourth-order valence-electron chi connectivity index (χ4n) is 0.626. The number of imidazole rings is 1. The summed E-state index contributed by atoms with van der Waals surface area (Å²) < 4.78 is 0.862. The minimum absolute atomic E-state index is 0.383. The molecule has 0 aliphatic rings. The molecule has 3 N–H and O–H groups in total. The molecule has 1 aromatic heterocycles. The average Bonchev–Trinajstić information content (AvgIpc) is 2.11. The molecule has 3 nitrogen and oxygen atoms in total. The normalized spacial score (nSPS) is 12.0. The van der Waals surface area contributed by atoms with E-state index in [1.807, 2.05) is 13.8 Å². The number of aromatic nitrogens is 2. The van der Waals surface area contributed by atoms with E-state index in [0.29, 0.717) is 0 Å². The Hall–Kier alpha value is -0.350. The van der Waals surface area contributed by atoms with Crippen molar-refractivity contribution < 1.29 is 0 Å². The number of nitrogens with zero attached hydrogens (tertiary/aromatic N) is 1. The van der Waals surface area contributed by atoms with E-state index in [0.717, 1.165) is 10.4 Å². The van der Waals surface area contributed by atoms with Gasteiger partial charge in [0.05, 0.1) is 11.7 Å². The van der Waals surface area contributed by atoms with Crippen molar-refractivity contribution in [3.63, 3.8) is 0 Å². The van der Waals surface area contributed by atoms with Gasteiger partial charge in [0.2, 0.25) is 0 Å². The van der Waals surface area contributed by atoms with E-state index in [2.05, 4.69) is 25.9 Å². The van der Waals surface area contributed by atoms with Gasteiger partial charge in [-0.05, 0) is 29.8 Å². The number of hydrogen-bond acceptors (Lipinski definition) is 2. The number of hydrogen-bond donors (Lipinski definition) is 2. The fourth-order valence-corrected chi connectivity index (χ4v) is 0.916. The van der Waals surface area contributed by atoms with Crippen LogP contribution in [0.3, 0.4) is 0 Å². The Morgan fingerprint density at radius 3 is 2.50 bits per heavy atom. The molecule has 10 heavy (non-hydrogen) atoms. The number of aromatic amines is 1. The summed E-state index contributed by atoms with van der Waals surface area (Å²) >= 11 is 3.25. The smallest absolute Gasteiger partial charge is 0.126 e. The summed E-state index contributed by atoms with van der Waals surface area (Å²) in [6.07, 6.45) is 1.70. The van der Waals surface area contributed by atoms with Crippen LogP contribution in [-0.2, 0) is 5.54 Å². The molecule has 0 unspecified atom stereocenters. The maximum absolute atomic E-state index is 5.76. The highest BCUT2D eigenvalue weighted by Crippen LogP contribution is 2.14. The minimum atomic E-state index is -0.383. The Kier molecular flexibility index (Phi) is 1.83. The lowest BCUT2D eigenvalue weighted by Gasteiger charge is -2.13. The Balaban J connectivity index is 2.96. The van der Waals surface area contributed by atoms with E-state index < -0.39 is 0 Å². The summed E-state index contributed by atoms with van der Waals surface area (Å²) in [7, 11) is 0. The molecule has 0 saturated carbocycles. The molecule has 1 rings (SSSR count). The molecule has 0 aromatic carbocycles. The van der Waals surface area contributed by atoms with Crippen molar-refractivity contribution in [1.29, 1.82) is 0 Å². The monoisotopic (exact) mass is 203 g/mol. The highest BCUT2D eigenvalue weighted by Gasteiger charge is 2.16. The van der Waals surface area contributed by atoms with Crippen LogP contribution >= 0.6 is 15.9 Å². The standard InChI is InChI=1S/C6H10BrN3/c1-6(2,8)5-9-3-4(7)10-5/h3H,8H2,1-2H3,(H,9,10). The third-order valence-corrected chi connectivity index (χ3v) is 1.56. The van der Waals surface area contributed by atoms with Gasteiger partial charge in [0, 0.05) is 0 Å². The molecule has 1 aromatic rings. The summed E-state index contributed by atoms with van der Waals surface area (Å²) in [5.74, 6) is 0.791. The second kappa shape index (κ2) is 2.36. The van der Waals surface area contributed by atoms with Crippen LogP contribution in [0.15, 0.2) is 10.8 Å². The predicted octanol–water partition coefficient (Wildman–Crippen LogP) is 1.37. The summed E-state index contributed by atoms with van der Waals surface area (Å²) in [6.45, 7) is 3.80. The van der Waals surface area contributed by atoms with Gasteiger partial charge in [-0.2, -0.15) is 0 Å². The molecule has 1 heterocycles. The molecule has 0 atom stereocenters. The van der Waals surface area contributed by atoms with Crippen molar-refractivity contribution in [1.82, 2.24) is 9.97 Å². The molecular weight excluding hydrogens is 194 g/mol. The van der Waals surface area contributed by atoms with Crippen LogP contribution in [0.4, 0.5) is 0 Å². The van der Waals surface area contributed by atoms with E-state index in [9.17, 15) is 0 Å². The Labute approximate surface area is 68.2 Å². The second-order valence-corrected chi connectivity index (χ2v) is 3.66. The zero-order chi connectivity index (χ0) is 7.78. The predicted molar refractivity (Wildman–Crippen MR) is 43.5 cm³/mol. The highest BCUT2D eigenvalue weighted by atomic mass is 79.9. The Morgan fingerprint density at radius 2 is 2.30 bits per heavy atom. The van der Waals surface area contributed by atoms with Crippen molar-refractivity contribution in [2.75, 3.05) is 0 Å². The number of nitrogens with one attached hydrogen (secondary N) is 1. The van der Waals surface area contributed by atoms with Gasteiger partial charge in [0.15, 0.2) is 0 Å². The van der Waals surface area contributed by atoms with E-state index in [-0.39, 0.29) is 5.54 Å². The van der Waals surface area contributed by atoms with E-state index in [1.165, 1.54) is 0 Å². The van der Waals surface area contributed by atoms with Gasteiger partial charge in [-0.25, -0.2) is 4.98 Å². The summed E-state index contributed by atoms with van der Waals surface area (Å²) in [6, 6.07) is 0. The van der Waals surface area contributed by atoms with Crippen LogP contribution in [0.25, 0.3) is 0 Å². The van der Waals surface area contributed by atoms with Gasteiger partial charge in [-0.15, -0.1) is 0 Å².